The van der Waals surface area contributed by atoms with E-state index < -0.39 is 6.04 Å². The van der Waals surface area contributed by atoms with Gasteiger partial charge in [-0.05, 0) is 20.3 Å². The minimum atomic E-state index is -0.435. The zero-order valence-electron chi connectivity index (χ0n) is 7.96. The molecule has 2 atom stereocenters. The van der Waals surface area contributed by atoms with Crippen LogP contribution in [0.4, 0.5) is 0 Å². The van der Waals surface area contributed by atoms with Crippen molar-refractivity contribution in [2.24, 2.45) is 5.73 Å². The number of hydrogen-bond donors (Lipinski definition) is 2. The van der Waals surface area contributed by atoms with Gasteiger partial charge in [0.2, 0.25) is 5.91 Å². The van der Waals surface area contributed by atoms with Crippen LogP contribution in [-0.2, 0) is 9.53 Å². The van der Waals surface area contributed by atoms with Gasteiger partial charge in [-0.1, -0.05) is 0 Å². The molecule has 0 heterocycles. The van der Waals surface area contributed by atoms with Gasteiger partial charge in [-0.2, -0.15) is 0 Å². The maximum absolute atomic E-state index is 11.0. The van der Waals surface area contributed by atoms with E-state index >= 15 is 0 Å². The first-order chi connectivity index (χ1) is 5.57. The lowest BCUT2D eigenvalue weighted by Crippen LogP contribution is -2.43. The second-order valence-corrected chi connectivity index (χ2v) is 2.98. The maximum Gasteiger partial charge on any atom is 0.236 e. The minimum Gasteiger partial charge on any atom is -0.385 e. The van der Waals surface area contributed by atoms with E-state index in [4.69, 9.17) is 10.5 Å². The molecule has 0 spiro atoms. The topological polar surface area (TPSA) is 64.3 Å². The molecule has 0 radical (unpaired) electrons. The Kier molecular flexibility index (Phi) is 5.66. The summed E-state index contributed by atoms with van der Waals surface area (Å²) < 4.78 is 4.87. The lowest BCUT2D eigenvalue weighted by Gasteiger charge is -2.14. The fourth-order valence-electron chi connectivity index (χ4n) is 0.741. The molecule has 0 rings (SSSR count). The summed E-state index contributed by atoms with van der Waals surface area (Å²) in [6.45, 7) is 4.25. The van der Waals surface area contributed by atoms with Crippen molar-refractivity contribution in [3.05, 3.63) is 0 Å². The molecule has 0 saturated heterocycles. The summed E-state index contributed by atoms with van der Waals surface area (Å²) in [5.41, 5.74) is 5.37. The van der Waals surface area contributed by atoms with Gasteiger partial charge >= 0.3 is 0 Å². The third-order valence-corrected chi connectivity index (χ3v) is 1.56. The van der Waals surface area contributed by atoms with Crippen molar-refractivity contribution in [1.82, 2.24) is 5.32 Å². The lowest BCUT2D eigenvalue weighted by molar-refractivity contribution is -0.122. The van der Waals surface area contributed by atoms with E-state index in [1.807, 2.05) is 6.92 Å². The number of hydrogen-bond acceptors (Lipinski definition) is 3. The van der Waals surface area contributed by atoms with Gasteiger partial charge < -0.3 is 15.8 Å². The van der Waals surface area contributed by atoms with Crippen LogP contribution >= 0.6 is 0 Å². The van der Waals surface area contributed by atoms with Crippen molar-refractivity contribution in [2.45, 2.75) is 32.4 Å². The summed E-state index contributed by atoms with van der Waals surface area (Å²) >= 11 is 0. The highest BCUT2D eigenvalue weighted by Crippen LogP contribution is 1.91. The summed E-state index contributed by atoms with van der Waals surface area (Å²) in [5, 5.41) is 2.77. The maximum atomic E-state index is 11.0. The molecule has 1 amide bonds. The van der Waals surface area contributed by atoms with Crippen LogP contribution in [0.2, 0.25) is 0 Å². The Balaban J connectivity index is 3.54. The van der Waals surface area contributed by atoms with Gasteiger partial charge in [-0.25, -0.2) is 0 Å². The number of nitrogens with one attached hydrogen (secondary N) is 1. The van der Waals surface area contributed by atoms with Crippen LogP contribution in [-0.4, -0.2) is 31.7 Å². The minimum absolute atomic E-state index is 0.112. The van der Waals surface area contributed by atoms with Gasteiger partial charge in [0.15, 0.2) is 0 Å². The molecule has 72 valence electrons. The Labute approximate surface area is 73.5 Å². The molecule has 0 aromatic rings. The normalized spacial score (nSPS) is 15.3. The number of carbonyl (C=O) groups excluding carboxylic acids is 1. The molecule has 2 unspecified atom stereocenters. The summed E-state index contributed by atoms with van der Waals surface area (Å²) in [7, 11) is 1.64. The molecule has 12 heavy (non-hydrogen) atoms. The van der Waals surface area contributed by atoms with Gasteiger partial charge in [-0.3, -0.25) is 4.79 Å². The van der Waals surface area contributed by atoms with Gasteiger partial charge in [0.25, 0.3) is 0 Å². The highest BCUT2D eigenvalue weighted by Gasteiger charge is 2.10. The third-order valence-electron chi connectivity index (χ3n) is 1.56. The number of ether oxygens (including phenoxy) is 1. The summed E-state index contributed by atoms with van der Waals surface area (Å²) in [6.07, 6.45) is 0.814. The Morgan fingerprint density at radius 2 is 2.17 bits per heavy atom. The number of rotatable bonds is 5. The van der Waals surface area contributed by atoms with Crippen molar-refractivity contribution in [3.63, 3.8) is 0 Å². The van der Waals surface area contributed by atoms with Crippen LogP contribution in [0.3, 0.4) is 0 Å². The number of methoxy groups -OCH3 is 1. The predicted molar refractivity (Wildman–Crippen MR) is 47.7 cm³/mol. The molecular formula is C8H18N2O2. The fraction of sp³-hybridized carbons (Fsp3) is 0.875. The molecule has 3 N–H and O–H groups in total. The average Bonchev–Trinajstić information content (AvgIpc) is 2.00. The highest BCUT2D eigenvalue weighted by molar-refractivity contribution is 5.81. The highest BCUT2D eigenvalue weighted by atomic mass is 16.5. The third kappa shape index (κ3) is 5.09. The molecule has 0 fully saturated rings. The summed E-state index contributed by atoms with van der Waals surface area (Å²) in [6, 6.07) is -0.307. The van der Waals surface area contributed by atoms with Crippen LogP contribution in [0.15, 0.2) is 0 Å². The molecule has 0 aromatic heterocycles. The zero-order valence-corrected chi connectivity index (χ0v) is 7.96. The summed E-state index contributed by atoms with van der Waals surface area (Å²) in [4.78, 5) is 11.0. The molecule has 0 aromatic carbocycles. The monoisotopic (exact) mass is 174 g/mol. The SMILES string of the molecule is COCCC(C)NC(=O)C(C)N. The number of nitrogens with two attached hydrogens (primary N) is 1. The van der Waals surface area contributed by atoms with Crippen LogP contribution in [0.25, 0.3) is 0 Å². The van der Waals surface area contributed by atoms with Crippen molar-refractivity contribution >= 4 is 5.91 Å². The average molecular weight is 174 g/mol. The van der Waals surface area contributed by atoms with Gasteiger partial charge in [0.1, 0.15) is 0 Å². The molecule has 0 aliphatic rings. The molecule has 0 saturated carbocycles. The Morgan fingerprint density at radius 3 is 2.58 bits per heavy atom. The smallest absolute Gasteiger partial charge is 0.236 e. The zero-order chi connectivity index (χ0) is 9.56. The van der Waals surface area contributed by atoms with E-state index in [2.05, 4.69) is 5.32 Å². The lowest BCUT2D eigenvalue weighted by atomic mass is 10.2. The van der Waals surface area contributed by atoms with E-state index in [-0.39, 0.29) is 11.9 Å². The molecule has 4 heteroatoms. The molecule has 0 aliphatic carbocycles. The quantitative estimate of drug-likeness (QED) is 0.610. The van der Waals surface area contributed by atoms with Crippen molar-refractivity contribution in [1.29, 1.82) is 0 Å². The second-order valence-electron chi connectivity index (χ2n) is 2.98. The fourth-order valence-corrected chi connectivity index (χ4v) is 0.741. The molecule has 0 aliphatic heterocycles. The first kappa shape index (κ1) is 11.4. The largest absolute Gasteiger partial charge is 0.385 e. The van der Waals surface area contributed by atoms with Crippen molar-refractivity contribution < 1.29 is 9.53 Å². The Morgan fingerprint density at radius 1 is 1.58 bits per heavy atom. The van der Waals surface area contributed by atoms with Crippen LogP contribution in [0.1, 0.15) is 20.3 Å². The predicted octanol–water partition coefficient (Wildman–Crippen LogP) is -0.125. The molecular weight excluding hydrogens is 156 g/mol. The first-order valence-corrected chi connectivity index (χ1v) is 4.12. The van der Waals surface area contributed by atoms with Crippen molar-refractivity contribution in [2.75, 3.05) is 13.7 Å². The molecule has 4 nitrogen and oxygen atoms in total. The van der Waals surface area contributed by atoms with E-state index in [0.29, 0.717) is 6.61 Å². The first-order valence-electron chi connectivity index (χ1n) is 4.12. The van der Waals surface area contributed by atoms with Crippen LogP contribution < -0.4 is 11.1 Å². The van der Waals surface area contributed by atoms with E-state index in [1.54, 1.807) is 14.0 Å². The standard InChI is InChI=1S/C8H18N2O2/c1-6(4-5-12-3)10-8(11)7(2)9/h6-7H,4-5,9H2,1-3H3,(H,10,11). The van der Waals surface area contributed by atoms with Gasteiger partial charge in [0, 0.05) is 19.8 Å². The number of carbonyl (C=O) groups is 1. The molecule has 0 bridgehead atoms. The van der Waals surface area contributed by atoms with E-state index in [0.717, 1.165) is 6.42 Å². The van der Waals surface area contributed by atoms with Crippen LogP contribution in [0.5, 0.6) is 0 Å². The summed E-state index contributed by atoms with van der Waals surface area (Å²) in [5.74, 6) is -0.112. The Hall–Kier alpha value is -0.610. The number of amides is 1. The van der Waals surface area contributed by atoms with Gasteiger partial charge in [-0.15, -0.1) is 0 Å². The van der Waals surface area contributed by atoms with Crippen LogP contribution in [0, 0.1) is 0 Å². The van der Waals surface area contributed by atoms with Gasteiger partial charge in [0.05, 0.1) is 6.04 Å². The second kappa shape index (κ2) is 5.97. The van der Waals surface area contributed by atoms with E-state index in [9.17, 15) is 4.79 Å². The Bertz CT molecular complexity index is 137. The van der Waals surface area contributed by atoms with E-state index in [1.165, 1.54) is 0 Å². The van der Waals surface area contributed by atoms with Crippen molar-refractivity contribution in [3.8, 4) is 0 Å².